The maximum Gasteiger partial charge on any atom is 0.102 e. The number of rotatable bonds is 3. The molecule has 0 atom stereocenters. The van der Waals surface area contributed by atoms with Gasteiger partial charge in [-0.05, 0) is 36.4 Å². The van der Waals surface area contributed by atoms with Gasteiger partial charge in [0.05, 0.1) is 7.92 Å². The summed E-state index contributed by atoms with van der Waals surface area (Å²) in [6.45, 7) is 0. The fraction of sp³-hybridized carbons (Fsp3) is 0. The number of hydrogen-bond acceptors (Lipinski definition) is 0. The summed E-state index contributed by atoms with van der Waals surface area (Å²) in [7, 11) is -0.877. The van der Waals surface area contributed by atoms with E-state index in [1.807, 2.05) is 0 Å². The van der Waals surface area contributed by atoms with Crippen molar-refractivity contribution in [1.82, 2.24) is 0 Å². The van der Waals surface area contributed by atoms with E-state index >= 15 is 0 Å². The molecule has 0 N–H and O–H groups in total. The third-order valence-corrected chi connectivity index (χ3v) is 5.92. The van der Waals surface area contributed by atoms with Crippen LogP contribution in [0.2, 0.25) is 0 Å². The molecule has 0 bridgehead atoms. The molecule has 3 aromatic rings. The Bertz CT molecular complexity index is 563. The van der Waals surface area contributed by atoms with Crippen molar-refractivity contribution in [3.8, 4) is 12.8 Å². The van der Waals surface area contributed by atoms with Gasteiger partial charge in [-0.3, -0.25) is 0 Å². The minimum Gasteiger partial charge on any atom is -0.124 e. The molecule has 1 heteroatoms. The first-order chi connectivity index (χ1) is 10.4. The van der Waals surface area contributed by atoms with Crippen LogP contribution in [0.15, 0.2) is 91.0 Å². The summed E-state index contributed by atoms with van der Waals surface area (Å²) >= 11 is 0. The van der Waals surface area contributed by atoms with Gasteiger partial charge >= 0.3 is 0 Å². The Kier molecular flexibility index (Phi) is 5.77. The third kappa shape index (κ3) is 3.82. The highest BCUT2D eigenvalue weighted by atomic mass is 31.1. The van der Waals surface area contributed by atoms with Crippen LogP contribution in [-0.4, -0.2) is 0 Å². The van der Waals surface area contributed by atoms with E-state index in [1.165, 1.54) is 15.9 Å². The van der Waals surface area contributed by atoms with Gasteiger partial charge in [-0.2, -0.15) is 0 Å². The fourth-order valence-electron chi connectivity index (χ4n) is 2.31. The van der Waals surface area contributed by atoms with Gasteiger partial charge in [-0.15, -0.1) is 12.8 Å². The average molecular weight is 289 g/mol. The standard InChI is InChI=1S/C18H15P.C2H2/c1-4-10-16(11-5-1)19(17-12-6-2-7-13-17)18-14-8-3-9-15-18;1-2/h1-15H;1-2H/p+1. The van der Waals surface area contributed by atoms with Crippen molar-refractivity contribution in [3.05, 3.63) is 91.0 Å². The van der Waals surface area contributed by atoms with E-state index in [1.54, 1.807) is 0 Å². The van der Waals surface area contributed by atoms with E-state index in [-0.39, 0.29) is 0 Å². The molecule has 0 amide bonds. The molecule has 0 aromatic heterocycles. The lowest BCUT2D eigenvalue weighted by molar-refractivity contribution is 1.74. The molecule has 3 rings (SSSR count). The maximum atomic E-state index is 4.00. The topological polar surface area (TPSA) is 0 Å². The number of terminal acetylenes is 1. The molecule has 0 aliphatic rings. The summed E-state index contributed by atoms with van der Waals surface area (Å²) in [5.41, 5.74) is 0. The summed E-state index contributed by atoms with van der Waals surface area (Å²) in [4.78, 5) is 0. The zero-order valence-corrected chi connectivity index (χ0v) is 12.8. The monoisotopic (exact) mass is 289 g/mol. The van der Waals surface area contributed by atoms with Gasteiger partial charge in [-0.25, -0.2) is 0 Å². The van der Waals surface area contributed by atoms with E-state index in [0.717, 1.165) is 0 Å². The van der Waals surface area contributed by atoms with Gasteiger partial charge in [0.15, 0.2) is 0 Å². The quantitative estimate of drug-likeness (QED) is 0.512. The third-order valence-electron chi connectivity index (χ3n) is 3.19. The highest BCUT2D eigenvalue weighted by molar-refractivity contribution is 7.79. The second-order valence-corrected chi connectivity index (χ2v) is 6.96. The predicted octanol–water partition coefficient (Wildman–Crippen LogP) is 3.43. The Morgan fingerprint density at radius 2 is 0.667 bits per heavy atom. The zero-order valence-electron chi connectivity index (χ0n) is 11.8. The molecule has 0 spiro atoms. The van der Waals surface area contributed by atoms with Crippen LogP contribution in [0.5, 0.6) is 0 Å². The van der Waals surface area contributed by atoms with Gasteiger partial charge in [-0.1, -0.05) is 54.6 Å². The van der Waals surface area contributed by atoms with Crippen molar-refractivity contribution in [2.45, 2.75) is 0 Å². The van der Waals surface area contributed by atoms with Crippen LogP contribution in [0, 0.1) is 12.8 Å². The Labute approximate surface area is 128 Å². The predicted molar refractivity (Wildman–Crippen MR) is 96.4 cm³/mol. The first kappa shape index (κ1) is 15.0. The van der Waals surface area contributed by atoms with Crippen molar-refractivity contribution in [1.29, 1.82) is 0 Å². The summed E-state index contributed by atoms with van der Waals surface area (Å²) in [6, 6.07) is 32.5. The zero-order chi connectivity index (χ0) is 14.9. The smallest absolute Gasteiger partial charge is 0.102 e. The maximum absolute atomic E-state index is 4.00. The number of benzene rings is 3. The SMILES string of the molecule is C#C.c1ccc([PH+](c2ccccc2)c2ccccc2)cc1. The van der Waals surface area contributed by atoms with E-state index in [9.17, 15) is 0 Å². The normalized spacial score (nSPS) is 9.67. The second kappa shape index (κ2) is 8.05. The average Bonchev–Trinajstić information content (AvgIpc) is 2.60. The summed E-state index contributed by atoms with van der Waals surface area (Å²) in [5, 5.41) is 4.31. The van der Waals surface area contributed by atoms with E-state index in [0.29, 0.717) is 0 Å². The molecule has 0 saturated heterocycles. The molecule has 3 aromatic carbocycles. The fourth-order valence-corrected chi connectivity index (χ4v) is 4.89. The first-order valence-corrected chi connectivity index (χ1v) is 8.32. The van der Waals surface area contributed by atoms with Crippen LogP contribution in [0.3, 0.4) is 0 Å². The largest absolute Gasteiger partial charge is 0.124 e. The molecule has 0 aliphatic carbocycles. The molecule has 0 unspecified atom stereocenters. The number of hydrogen-bond donors (Lipinski definition) is 0. The minimum atomic E-state index is -0.877. The Morgan fingerprint density at radius 1 is 0.429 bits per heavy atom. The van der Waals surface area contributed by atoms with Gasteiger partial charge in [0.25, 0.3) is 0 Å². The van der Waals surface area contributed by atoms with E-state index in [2.05, 4.69) is 104 Å². The van der Waals surface area contributed by atoms with Crippen LogP contribution in [-0.2, 0) is 0 Å². The first-order valence-electron chi connectivity index (χ1n) is 6.82. The Morgan fingerprint density at radius 3 is 0.905 bits per heavy atom. The minimum absolute atomic E-state index is 0.877. The molecule has 21 heavy (non-hydrogen) atoms. The molecule has 0 nitrogen and oxygen atoms in total. The van der Waals surface area contributed by atoms with Crippen molar-refractivity contribution in [2.75, 3.05) is 0 Å². The van der Waals surface area contributed by atoms with Crippen molar-refractivity contribution >= 4 is 23.8 Å². The van der Waals surface area contributed by atoms with Gasteiger partial charge in [0, 0.05) is 0 Å². The molecular weight excluding hydrogens is 271 g/mol. The Balaban J connectivity index is 0.000000774. The van der Waals surface area contributed by atoms with E-state index in [4.69, 9.17) is 0 Å². The van der Waals surface area contributed by atoms with Crippen molar-refractivity contribution in [3.63, 3.8) is 0 Å². The van der Waals surface area contributed by atoms with Crippen LogP contribution < -0.4 is 15.9 Å². The van der Waals surface area contributed by atoms with Gasteiger partial charge < -0.3 is 0 Å². The van der Waals surface area contributed by atoms with Gasteiger partial charge in [0.1, 0.15) is 15.9 Å². The van der Waals surface area contributed by atoms with Crippen LogP contribution in [0.4, 0.5) is 0 Å². The van der Waals surface area contributed by atoms with Crippen LogP contribution in [0.25, 0.3) is 0 Å². The molecule has 0 radical (unpaired) electrons. The summed E-state index contributed by atoms with van der Waals surface area (Å²) in [6.07, 6.45) is 8.00. The van der Waals surface area contributed by atoms with Crippen LogP contribution in [0.1, 0.15) is 0 Å². The van der Waals surface area contributed by atoms with Crippen LogP contribution >= 0.6 is 7.92 Å². The second-order valence-electron chi connectivity index (χ2n) is 4.47. The van der Waals surface area contributed by atoms with Crippen molar-refractivity contribution in [2.24, 2.45) is 0 Å². The summed E-state index contributed by atoms with van der Waals surface area (Å²) < 4.78 is 0. The summed E-state index contributed by atoms with van der Waals surface area (Å²) in [5.74, 6) is 0. The van der Waals surface area contributed by atoms with E-state index < -0.39 is 7.92 Å². The molecule has 0 heterocycles. The molecular formula is C20H18P+. The lowest BCUT2D eigenvalue weighted by Crippen LogP contribution is -2.20. The lowest BCUT2D eigenvalue weighted by Gasteiger charge is -2.10. The molecule has 0 saturated carbocycles. The highest BCUT2D eigenvalue weighted by Crippen LogP contribution is 2.32. The lowest BCUT2D eigenvalue weighted by atomic mass is 10.4. The van der Waals surface area contributed by atoms with Gasteiger partial charge in [0.2, 0.25) is 0 Å². The molecule has 0 fully saturated rings. The highest BCUT2D eigenvalue weighted by Gasteiger charge is 2.24. The Hall–Kier alpha value is -2.35. The van der Waals surface area contributed by atoms with Crippen molar-refractivity contribution < 1.29 is 0 Å². The molecule has 0 aliphatic heterocycles. The molecule has 102 valence electrons.